The van der Waals surface area contributed by atoms with Gasteiger partial charge in [-0.05, 0) is 216 Å². The molecule has 4 heterocycles. The fourth-order valence-corrected chi connectivity index (χ4v) is 21.5. The standard InChI is InChI=1S/C26H23F3N4O5S.C25H21F3N4O5S.C24H22F3N3O4S.C24H20F3N3O2/c1-3-31-24(35)33-23(18-11-10-15(14-30)12-21(18)39(2,37)38)22-19(8-5-9-20(22)34)32(25(33)36)17-7-4-6-16(13-17)26(27,28)29;1-30-23(34)32-22(17-10-9-14(13-29)11-20(17)38(2,36)37)21-18(7-4-8-19(21)33)31(24(32)35)16-6-3-5-15(12-16)25(26,27)28;1-2-35(33,34)20-11-14(13-28)9-10-17(20)22-21-18(7-4-8-19(21)31)30(23(32)29-22)16-6-3-5-15(12-16)24(25,26)27;1-14-11-15(13-28)9-10-18(14)22-21-19(7-4-8-20(21)31)30(23(32)29(22)2)17-6-3-5-16(12-17)24(25,26)27/h4,6-7,10-13,23H,3,5,8-9H2,1-2H3,(H,31,35);3,5-6,9-12,22H,4,7-8H2,1-2H3,(H,30,34);3,5-6,9-12,22,33-34H,2,4,7-8H2,1H3,(H,29,32);3,5-6,9-12,22H,4,7-8H2,1-2H3/t;3*22-/m.111/s1. The monoisotopic (exact) mass is 2050 g/mol. The number of carbonyl (C=O) groups is 10. The molecule has 4 atom stereocenters. The number of Topliss-reactive ketones (excluding diaryl/α,β-unsaturated/α-hetero) is 4. The Hall–Kier alpha value is -15.3. The molecule has 8 aromatic carbocycles. The van der Waals surface area contributed by atoms with E-state index in [0.29, 0.717) is 70.7 Å². The van der Waals surface area contributed by atoms with Gasteiger partial charge in [-0.3, -0.25) is 47.9 Å². The summed E-state index contributed by atoms with van der Waals surface area (Å²) in [4.78, 5) is 140. The van der Waals surface area contributed by atoms with Gasteiger partial charge in [0.05, 0.1) is 118 Å². The molecule has 1 unspecified atom stereocenters. The maximum absolute atomic E-state index is 14.0. The highest BCUT2D eigenvalue weighted by Crippen LogP contribution is 2.56. The zero-order chi connectivity index (χ0) is 105. The van der Waals surface area contributed by atoms with Gasteiger partial charge in [0.2, 0.25) is 0 Å². The summed E-state index contributed by atoms with van der Waals surface area (Å²) in [7, 11) is -8.65. The summed E-state index contributed by atoms with van der Waals surface area (Å²) in [5, 5.41) is 44.5. The lowest BCUT2D eigenvalue weighted by Gasteiger charge is -2.44. The number of ketones is 4. The molecule has 0 spiro atoms. The van der Waals surface area contributed by atoms with Gasteiger partial charge in [-0.2, -0.15) is 84.3 Å². The third kappa shape index (κ3) is 21.3. The molecular formula is C99H86F12N14O16S3. The molecule has 0 aromatic heterocycles. The number of nitrogens with zero attached hydrogens (tertiary/aromatic N) is 11. The zero-order valence-electron chi connectivity index (χ0n) is 77.2. The van der Waals surface area contributed by atoms with Gasteiger partial charge in [-0.15, -0.1) is 0 Å². The first kappa shape index (κ1) is 106. The molecule has 8 aliphatic rings. The maximum Gasteiger partial charge on any atom is 0.416 e. The Morgan fingerprint density at radius 1 is 0.410 bits per heavy atom. The molecule has 144 heavy (non-hydrogen) atoms. The first-order valence-electron chi connectivity index (χ1n) is 44.2. The average Bonchev–Trinajstić information content (AvgIpc) is 0.721. The minimum absolute atomic E-state index is 0.000589. The molecule has 45 heteroatoms. The van der Waals surface area contributed by atoms with Crippen molar-refractivity contribution in [2.75, 3.05) is 58.5 Å². The zero-order valence-corrected chi connectivity index (χ0v) is 79.6. The van der Waals surface area contributed by atoms with Crippen LogP contribution in [-0.4, -0.2) is 139 Å². The smallest absolute Gasteiger partial charge is 0.341 e. The number of carbonyl (C=O) groups excluding carboxylic acids is 10. The van der Waals surface area contributed by atoms with Crippen LogP contribution in [0.1, 0.15) is 187 Å². The van der Waals surface area contributed by atoms with Crippen molar-refractivity contribution in [2.45, 2.75) is 161 Å². The lowest BCUT2D eigenvalue weighted by molar-refractivity contribution is -0.138. The van der Waals surface area contributed by atoms with Crippen LogP contribution in [0.15, 0.2) is 230 Å². The minimum Gasteiger partial charge on any atom is -0.341 e. The summed E-state index contributed by atoms with van der Waals surface area (Å²) >= 11 is 0. The lowest BCUT2D eigenvalue weighted by atomic mass is 9.82. The van der Waals surface area contributed by atoms with E-state index in [4.69, 9.17) is 5.26 Å². The molecular weight excluding hydrogens is 1970 g/mol. The Labute approximate surface area is 817 Å². The fraction of sp³-hybridized carbons (Fsp3) is 0.293. The predicted molar refractivity (Wildman–Crippen MR) is 497 cm³/mol. The molecule has 4 aliphatic carbocycles. The Morgan fingerprint density at radius 2 is 0.722 bits per heavy atom. The van der Waals surface area contributed by atoms with E-state index < -0.39 is 149 Å². The summed E-state index contributed by atoms with van der Waals surface area (Å²) in [5.41, 5.74) is -0.680. The van der Waals surface area contributed by atoms with Crippen LogP contribution >= 0.6 is 10.6 Å². The van der Waals surface area contributed by atoms with Crippen molar-refractivity contribution >= 4 is 112 Å². The quantitative estimate of drug-likeness (QED) is 0.0669. The molecule has 8 aromatic rings. The van der Waals surface area contributed by atoms with Gasteiger partial charge >= 0.3 is 60.9 Å². The topological polar surface area (TPSA) is 433 Å². The third-order valence-corrected chi connectivity index (χ3v) is 29.0. The number of benzene rings is 8. The van der Waals surface area contributed by atoms with Gasteiger partial charge in [0.1, 0.15) is 12.1 Å². The second-order valence-electron chi connectivity index (χ2n) is 34.0. The highest BCUT2D eigenvalue weighted by atomic mass is 32.3. The van der Waals surface area contributed by atoms with E-state index in [2.05, 4.69) is 22.0 Å². The summed E-state index contributed by atoms with van der Waals surface area (Å²) in [6.45, 7) is 5.00. The van der Waals surface area contributed by atoms with Gasteiger partial charge in [-0.25, -0.2) is 55.4 Å². The van der Waals surface area contributed by atoms with Crippen LogP contribution in [0.25, 0.3) is 0 Å². The number of sulfone groups is 2. The van der Waals surface area contributed by atoms with Gasteiger partial charge in [0, 0.05) is 115 Å². The number of anilines is 4. The molecule has 0 radical (unpaired) electrons. The van der Waals surface area contributed by atoms with E-state index in [1.54, 1.807) is 39.0 Å². The van der Waals surface area contributed by atoms with Crippen LogP contribution in [-0.2, 0) is 63.6 Å². The van der Waals surface area contributed by atoms with Crippen molar-refractivity contribution in [3.63, 3.8) is 0 Å². The van der Waals surface area contributed by atoms with Crippen molar-refractivity contribution in [1.82, 2.24) is 30.7 Å². The van der Waals surface area contributed by atoms with Gasteiger partial charge in [0.15, 0.2) is 42.8 Å². The number of rotatable bonds is 13. The number of likely N-dealkylation sites (N-methyl/N-ethyl adjacent to an activating group) is 1. The van der Waals surface area contributed by atoms with E-state index in [-0.39, 0.29) is 167 Å². The highest BCUT2D eigenvalue weighted by Gasteiger charge is 2.53. The van der Waals surface area contributed by atoms with E-state index >= 15 is 0 Å². The Balaban J connectivity index is 0.000000161. The number of hydrogen-bond acceptors (Lipinski definition) is 20. The lowest BCUT2D eigenvalue weighted by Crippen LogP contribution is -2.56. The fourth-order valence-electron chi connectivity index (χ4n) is 18.4. The second-order valence-corrected chi connectivity index (χ2v) is 40.4. The molecule has 4 aliphatic heterocycles. The number of allylic oxidation sites excluding steroid dienone is 4. The van der Waals surface area contributed by atoms with E-state index in [1.807, 2.05) is 18.2 Å². The van der Waals surface area contributed by atoms with Crippen molar-refractivity contribution in [3.05, 3.63) is 287 Å². The molecule has 0 saturated carbocycles. The molecule has 16 rings (SSSR count). The molecule has 0 bridgehead atoms. The van der Waals surface area contributed by atoms with E-state index in [1.165, 1.54) is 103 Å². The Kier molecular flexibility index (Phi) is 30.4. The summed E-state index contributed by atoms with van der Waals surface area (Å²) in [5.74, 6) is -1.44. The van der Waals surface area contributed by atoms with Crippen LogP contribution in [0.3, 0.4) is 0 Å². The number of urea groups is 6. The number of amides is 12. The summed E-state index contributed by atoms with van der Waals surface area (Å²) in [6, 6.07) is 31.0. The number of imide groups is 2. The third-order valence-electron chi connectivity index (χ3n) is 24.8. The van der Waals surface area contributed by atoms with Crippen LogP contribution in [0.4, 0.5) is 104 Å². The molecule has 0 fully saturated rings. The molecule has 5 N–H and O–H groups in total. The van der Waals surface area contributed by atoms with Crippen molar-refractivity contribution in [3.8, 4) is 24.3 Å². The highest BCUT2D eigenvalue weighted by molar-refractivity contribution is 8.24. The Morgan fingerprint density at radius 3 is 1.06 bits per heavy atom. The normalized spacial score (nSPS) is 18.7. The number of aryl methyl sites for hydroxylation is 1. The minimum atomic E-state index is -4.72. The second kappa shape index (κ2) is 41.3. The largest absolute Gasteiger partial charge is 0.416 e. The first-order valence-corrected chi connectivity index (χ1v) is 49.7. The molecule has 12 amide bonds. The van der Waals surface area contributed by atoms with E-state index in [0.717, 1.165) is 106 Å². The molecule has 30 nitrogen and oxygen atoms in total. The van der Waals surface area contributed by atoms with E-state index in [9.17, 15) is 142 Å². The van der Waals surface area contributed by atoms with Crippen molar-refractivity contribution < 1.29 is 127 Å². The predicted octanol–water partition coefficient (Wildman–Crippen LogP) is 20.5. The van der Waals surface area contributed by atoms with Crippen LogP contribution < -0.4 is 35.6 Å². The van der Waals surface area contributed by atoms with Gasteiger partial charge < -0.3 is 20.9 Å². The SMILES string of the molecule is CCNC(=O)N1C(=O)N(c2cccc(C(F)(F)F)c2)C2=C(C(=O)CCC2)C1c1ccc(C#N)cc1S(C)(=O)=O.CCS(O)(O)c1cc(C#N)ccc1[C@H]1NC(=O)N(c2cccc(C(F)(F)F)c2)C2=C1C(=O)CCC2.CNC(=O)N1C(=O)N(c2cccc(C(F)(F)F)c2)C2=C(C(=O)CCC2)[C@H]1c1ccc(C#N)cc1S(C)(=O)=O.Cc1cc(C#N)ccc1[C@@H]1C2=C(CCCC2=O)N(c2cccc(C(F)(F)F)c2)C(=O)N1C. The van der Waals surface area contributed by atoms with Crippen LogP contribution in [0.2, 0.25) is 0 Å². The summed E-state index contributed by atoms with van der Waals surface area (Å²) in [6.07, 6.45) is -13.9. The number of nitrogens with one attached hydrogen (secondary N) is 3. The van der Waals surface area contributed by atoms with Crippen LogP contribution in [0, 0.1) is 52.2 Å². The number of alkyl halides is 12. The Bertz CT molecular complexity index is 7270. The summed E-state index contributed by atoms with van der Waals surface area (Å²) < 4.78 is 233. The molecule has 750 valence electrons. The molecule has 0 saturated heterocycles. The van der Waals surface area contributed by atoms with Crippen molar-refractivity contribution in [1.29, 1.82) is 21.0 Å². The van der Waals surface area contributed by atoms with Crippen molar-refractivity contribution in [2.24, 2.45) is 0 Å². The number of halogens is 12. The van der Waals surface area contributed by atoms with Gasteiger partial charge in [-0.1, -0.05) is 48.5 Å². The number of hydrogen-bond donors (Lipinski definition) is 5. The van der Waals surface area contributed by atoms with Crippen LogP contribution in [0.5, 0.6) is 0 Å². The van der Waals surface area contributed by atoms with Gasteiger partial charge in [0.25, 0.3) is 0 Å². The average molecular weight is 2050 g/mol. The first-order chi connectivity index (χ1) is 67.7. The number of nitriles is 4. The maximum atomic E-state index is 14.0.